The van der Waals surface area contributed by atoms with Crippen molar-refractivity contribution in [2.24, 2.45) is 5.41 Å². The summed E-state index contributed by atoms with van der Waals surface area (Å²) >= 11 is 3.48. The van der Waals surface area contributed by atoms with Crippen LogP contribution in [-0.2, 0) is 6.42 Å². The molecule has 0 radical (unpaired) electrons. The summed E-state index contributed by atoms with van der Waals surface area (Å²) in [4.78, 5) is 1.79. The number of halogens is 2. The lowest BCUT2D eigenvalue weighted by atomic mass is 9.88. The van der Waals surface area contributed by atoms with Crippen molar-refractivity contribution in [3.63, 3.8) is 0 Å². The van der Waals surface area contributed by atoms with Gasteiger partial charge in [0.1, 0.15) is 5.82 Å². The van der Waals surface area contributed by atoms with Crippen molar-refractivity contribution in [3.05, 3.63) is 29.6 Å². The molecule has 1 aromatic carbocycles. The Balaban J connectivity index is 2.90. The lowest BCUT2D eigenvalue weighted by molar-refractivity contribution is 0.424. The van der Waals surface area contributed by atoms with Gasteiger partial charge in [0.05, 0.1) is 5.69 Å². The van der Waals surface area contributed by atoms with Gasteiger partial charge in [-0.2, -0.15) is 0 Å². The van der Waals surface area contributed by atoms with Gasteiger partial charge in [0, 0.05) is 19.4 Å². The molecule has 0 saturated heterocycles. The first-order valence-corrected chi connectivity index (χ1v) is 6.49. The molecule has 1 aromatic rings. The van der Waals surface area contributed by atoms with E-state index in [-0.39, 0.29) is 11.2 Å². The second-order valence-electron chi connectivity index (χ2n) is 5.15. The summed E-state index contributed by atoms with van der Waals surface area (Å²) in [5, 5.41) is 0.914. The smallest absolute Gasteiger partial charge is 0.146 e. The van der Waals surface area contributed by atoms with E-state index in [4.69, 9.17) is 0 Å². The van der Waals surface area contributed by atoms with Gasteiger partial charge in [-0.15, -0.1) is 0 Å². The van der Waals surface area contributed by atoms with Gasteiger partial charge >= 0.3 is 0 Å². The first kappa shape index (κ1) is 13.5. The van der Waals surface area contributed by atoms with Crippen LogP contribution in [0.3, 0.4) is 0 Å². The van der Waals surface area contributed by atoms with Crippen LogP contribution in [0.2, 0.25) is 0 Å². The Kier molecular flexibility index (Phi) is 4.36. The van der Waals surface area contributed by atoms with E-state index >= 15 is 0 Å². The Labute approximate surface area is 106 Å². The highest BCUT2D eigenvalue weighted by molar-refractivity contribution is 9.09. The topological polar surface area (TPSA) is 3.24 Å². The molecule has 0 heterocycles. The van der Waals surface area contributed by atoms with Gasteiger partial charge in [-0.05, 0) is 29.5 Å². The van der Waals surface area contributed by atoms with E-state index in [1.54, 1.807) is 11.0 Å². The van der Waals surface area contributed by atoms with Crippen LogP contribution in [0.25, 0.3) is 0 Å². The molecule has 16 heavy (non-hydrogen) atoms. The van der Waals surface area contributed by atoms with E-state index in [9.17, 15) is 4.39 Å². The average Bonchev–Trinajstić information content (AvgIpc) is 2.16. The summed E-state index contributed by atoms with van der Waals surface area (Å²) in [5.74, 6) is -0.145. The maximum atomic E-state index is 13.7. The molecular weight excluding hydrogens is 269 g/mol. The van der Waals surface area contributed by atoms with Crippen molar-refractivity contribution in [1.82, 2.24) is 0 Å². The third-order valence-corrected chi connectivity index (χ3v) is 4.06. The van der Waals surface area contributed by atoms with Gasteiger partial charge in [0.25, 0.3) is 0 Å². The maximum Gasteiger partial charge on any atom is 0.146 e. The zero-order valence-corrected chi connectivity index (χ0v) is 11.9. The fourth-order valence-electron chi connectivity index (χ4n) is 1.62. The number of alkyl halides is 1. The number of anilines is 1. The SMILES string of the molecule is CN(C)c1ccc(CC(C)(C)CBr)cc1F. The minimum Gasteiger partial charge on any atom is -0.375 e. The standard InChI is InChI=1S/C13H19BrFN/c1-13(2,9-14)8-10-5-6-12(16(3)4)11(15)7-10/h5-7H,8-9H2,1-4H3. The number of nitrogens with zero attached hydrogens (tertiary/aromatic N) is 1. The Bertz CT molecular complexity index is 361. The third-order valence-electron chi connectivity index (χ3n) is 2.54. The van der Waals surface area contributed by atoms with E-state index < -0.39 is 0 Å². The highest BCUT2D eigenvalue weighted by Gasteiger charge is 2.17. The Hall–Kier alpha value is -0.570. The lowest BCUT2D eigenvalue weighted by Crippen LogP contribution is -2.17. The third kappa shape index (κ3) is 3.48. The molecular formula is C13H19BrFN. The highest BCUT2D eigenvalue weighted by atomic mass is 79.9. The molecule has 3 heteroatoms. The summed E-state index contributed by atoms with van der Waals surface area (Å²) in [5.41, 5.74) is 1.85. The summed E-state index contributed by atoms with van der Waals surface area (Å²) < 4.78 is 13.7. The number of hydrogen-bond donors (Lipinski definition) is 0. The molecule has 1 nitrogen and oxygen atoms in total. The molecule has 0 aliphatic carbocycles. The van der Waals surface area contributed by atoms with E-state index in [1.807, 2.05) is 26.2 Å². The van der Waals surface area contributed by atoms with Gasteiger partial charge in [-0.25, -0.2) is 4.39 Å². The second-order valence-corrected chi connectivity index (χ2v) is 5.72. The van der Waals surface area contributed by atoms with Crippen LogP contribution < -0.4 is 4.90 Å². The van der Waals surface area contributed by atoms with Gasteiger partial charge in [-0.3, -0.25) is 0 Å². The second kappa shape index (κ2) is 5.17. The van der Waals surface area contributed by atoms with Crippen LogP contribution in [0.15, 0.2) is 18.2 Å². The molecule has 0 atom stereocenters. The van der Waals surface area contributed by atoms with E-state index in [2.05, 4.69) is 29.8 Å². The molecule has 90 valence electrons. The van der Waals surface area contributed by atoms with Crippen LogP contribution in [0.1, 0.15) is 19.4 Å². The lowest BCUT2D eigenvalue weighted by Gasteiger charge is -2.22. The van der Waals surface area contributed by atoms with Crippen molar-refractivity contribution in [2.45, 2.75) is 20.3 Å². The zero-order valence-electron chi connectivity index (χ0n) is 10.3. The fourth-order valence-corrected chi connectivity index (χ4v) is 1.82. The van der Waals surface area contributed by atoms with E-state index in [1.165, 1.54) is 0 Å². The highest BCUT2D eigenvalue weighted by Crippen LogP contribution is 2.26. The normalized spacial score (nSPS) is 11.6. The van der Waals surface area contributed by atoms with Gasteiger partial charge in [-0.1, -0.05) is 35.8 Å². The molecule has 0 aliphatic heterocycles. The van der Waals surface area contributed by atoms with Gasteiger partial charge in [0.2, 0.25) is 0 Å². The van der Waals surface area contributed by atoms with Gasteiger partial charge in [0.15, 0.2) is 0 Å². The zero-order chi connectivity index (χ0) is 12.3. The maximum absolute atomic E-state index is 13.7. The van der Waals surface area contributed by atoms with Crippen molar-refractivity contribution < 1.29 is 4.39 Å². The van der Waals surface area contributed by atoms with Crippen LogP contribution >= 0.6 is 15.9 Å². The van der Waals surface area contributed by atoms with Crippen LogP contribution in [0.5, 0.6) is 0 Å². The van der Waals surface area contributed by atoms with Crippen molar-refractivity contribution in [2.75, 3.05) is 24.3 Å². The first-order chi connectivity index (χ1) is 7.35. The molecule has 0 N–H and O–H groups in total. The van der Waals surface area contributed by atoms with Crippen LogP contribution in [-0.4, -0.2) is 19.4 Å². The fraction of sp³-hybridized carbons (Fsp3) is 0.538. The summed E-state index contributed by atoms with van der Waals surface area (Å²) in [7, 11) is 3.70. The Morgan fingerprint density at radius 1 is 1.31 bits per heavy atom. The predicted octanol–water partition coefficient (Wildman–Crippen LogP) is 3.86. The quantitative estimate of drug-likeness (QED) is 0.761. The molecule has 0 bridgehead atoms. The van der Waals surface area contributed by atoms with E-state index in [0.717, 1.165) is 17.3 Å². The van der Waals surface area contributed by atoms with Crippen LogP contribution in [0.4, 0.5) is 10.1 Å². The van der Waals surface area contributed by atoms with Crippen molar-refractivity contribution in [3.8, 4) is 0 Å². The monoisotopic (exact) mass is 287 g/mol. The van der Waals surface area contributed by atoms with Gasteiger partial charge < -0.3 is 4.90 Å². The molecule has 1 rings (SSSR count). The Morgan fingerprint density at radius 3 is 2.38 bits per heavy atom. The molecule has 0 unspecified atom stereocenters. The molecule has 0 spiro atoms. The molecule has 0 fully saturated rings. The molecule has 0 saturated carbocycles. The summed E-state index contributed by atoms with van der Waals surface area (Å²) in [6.45, 7) is 4.33. The average molecular weight is 288 g/mol. The van der Waals surface area contributed by atoms with E-state index in [0.29, 0.717) is 5.69 Å². The predicted molar refractivity (Wildman–Crippen MR) is 72.0 cm³/mol. The molecule has 0 aliphatic rings. The number of benzene rings is 1. The largest absolute Gasteiger partial charge is 0.375 e. The van der Waals surface area contributed by atoms with Crippen LogP contribution in [0, 0.1) is 11.2 Å². The van der Waals surface area contributed by atoms with Crippen molar-refractivity contribution in [1.29, 1.82) is 0 Å². The Morgan fingerprint density at radius 2 is 1.94 bits per heavy atom. The first-order valence-electron chi connectivity index (χ1n) is 5.37. The minimum absolute atomic E-state index is 0.145. The number of rotatable bonds is 4. The minimum atomic E-state index is -0.145. The summed E-state index contributed by atoms with van der Waals surface area (Å²) in [6.07, 6.45) is 0.878. The number of hydrogen-bond acceptors (Lipinski definition) is 1. The van der Waals surface area contributed by atoms with Crippen molar-refractivity contribution >= 4 is 21.6 Å². The molecule has 0 aromatic heterocycles. The summed E-state index contributed by atoms with van der Waals surface area (Å²) in [6, 6.07) is 5.48. The molecule has 0 amide bonds.